The third-order valence-electron chi connectivity index (χ3n) is 9.98. The summed E-state index contributed by atoms with van der Waals surface area (Å²) in [5.41, 5.74) is -0.586. The number of carbonyl (C=O) groups excluding carboxylic acids is 3. The minimum Gasteiger partial charge on any atom is -0.447 e. The maximum Gasteiger partial charge on any atom is 0.437 e. The van der Waals surface area contributed by atoms with Crippen molar-refractivity contribution in [3.63, 3.8) is 0 Å². The summed E-state index contributed by atoms with van der Waals surface area (Å²) in [6.45, 7) is -0.0626. The summed E-state index contributed by atoms with van der Waals surface area (Å²) in [5, 5.41) is 10.7. The highest BCUT2D eigenvalue weighted by molar-refractivity contribution is 6.32. The second kappa shape index (κ2) is 17.1. The second-order valence-corrected chi connectivity index (χ2v) is 16.2. The van der Waals surface area contributed by atoms with Crippen molar-refractivity contribution in [2.45, 2.75) is 64.3 Å². The zero-order valence-electron chi connectivity index (χ0n) is 33.2. The predicted molar refractivity (Wildman–Crippen MR) is 211 cm³/mol. The van der Waals surface area contributed by atoms with E-state index in [9.17, 15) is 35.9 Å². The fraction of sp³-hybridized carbons (Fsp3) is 0.341. The molecule has 2 unspecified atom stereocenters. The van der Waals surface area contributed by atoms with E-state index in [4.69, 9.17) is 21.1 Å². The SMILES string of the molecule is CC(C)(C)CC1(c2ccc(-c3cnn(C(F)F)c3)cc2)NC(=NC(=O)OCc2ccccc2)N(C(COC(=O)N2CC(F)(F)C2)c2ccc(Cl)c(-n3ncnc3C(F)F)c2)C1=O. The molecule has 4 heterocycles. The molecule has 0 bridgehead atoms. The lowest BCUT2D eigenvalue weighted by atomic mass is 9.75. The fourth-order valence-corrected chi connectivity index (χ4v) is 7.45. The molecule has 14 nitrogen and oxygen atoms in total. The average Bonchev–Trinajstić information content (AvgIpc) is 3.97. The fourth-order valence-electron chi connectivity index (χ4n) is 7.26. The van der Waals surface area contributed by atoms with Crippen molar-refractivity contribution in [1.82, 2.24) is 39.7 Å². The van der Waals surface area contributed by atoms with Crippen LogP contribution in [0.2, 0.25) is 5.02 Å². The Balaban J connectivity index is 1.36. The van der Waals surface area contributed by atoms with Crippen LogP contribution < -0.4 is 5.32 Å². The highest BCUT2D eigenvalue weighted by Gasteiger charge is 2.56. The number of ether oxygens (including phenoxy) is 2. The van der Waals surface area contributed by atoms with Gasteiger partial charge in [0.1, 0.15) is 25.1 Å². The summed E-state index contributed by atoms with van der Waals surface area (Å²) in [4.78, 5) is 51.9. The molecule has 2 aromatic heterocycles. The van der Waals surface area contributed by atoms with Gasteiger partial charge in [-0.05, 0) is 46.2 Å². The molecule has 2 saturated heterocycles. The first-order chi connectivity index (χ1) is 29.3. The van der Waals surface area contributed by atoms with Crippen LogP contribution in [0.15, 0.2) is 96.5 Å². The third kappa shape index (κ3) is 9.24. The molecule has 3 aromatic carbocycles. The molecule has 2 atom stereocenters. The van der Waals surface area contributed by atoms with Gasteiger partial charge < -0.3 is 14.8 Å². The van der Waals surface area contributed by atoms with Crippen LogP contribution in [0.25, 0.3) is 16.8 Å². The van der Waals surface area contributed by atoms with Crippen LogP contribution in [0, 0.1) is 5.41 Å². The van der Waals surface area contributed by atoms with Crippen molar-refractivity contribution in [3.05, 3.63) is 119 Å². The monoisotopic (exact) mass is 885 g/mol. The molecule has 3 amide bonds. The van der Waals surface area contributed by atoms with E-state index in [1.54, 1.807) is 54.6 Å². The van der Waals surface area contributed by atoms with Crippen molar-refractivity contribution in [1.29, 1.82) is 0 Å². The van der Waals surface area contributed by atoms with Gasteiger partial charge in [0.05, 0.1) is 36.0 Å². The quantitative estimate of drug-likeness (QED) is 0.122. The molecule has 1 N–H and O–H groups in total. The number of halogens is 7. The number of alkyl halides is 6. The minimum absolute atomic E-state index is 0.0357. The average molecular weight is 886 g/mol. The molecule has 7 rings (SSSR count). The Hall–Kier alpha value is -6.44. The molecule has 0 radical (unpaired) electrons. The van der Waals surface area contributed by atoms with Crippen molar-refractivity contribution in [2.24, 2.45) is 10.4 Å². The molecule has 2 aliphatic rings. The van der Waals surface area contributed by atoms with Gasteiger partial charge in [-0.3, -0.25) is 14.6 Å². The zero-order valence-corrected chi connectivity index (χ0v) is 33.9. The number of benzene rings is 3. The summed E-state index contributed by atoms with van der Waals surface area (Å²) >= 11 is 6.52. The number of rotatable bonds is 12. The van der Waals surface area contributed by atoms with Gasteiger partial charge in [-0.15, -0.1) is 4.99 Å². The molecule has 0 aliphatic carbocycles. The Kier molecular flexibility index (Phi) is 12.1. The van der Waals surface area contributed by atoms with Gasteiger partial charge in [-0.25, -0.2) is 41.5 Å². The molecular formula is C41H38ClF6N9O5. The van der Waals surface area contributed by atoms with Crippen molar-refractivity contribution in [3.8, 4) is 16.8 Å². The van der Waals surface area contributed by atoms with Crippen molar-refractivity contribution in [2.75, 3.05) is 19.7 Å². The van der Waals surface area contributed by atoms with E-state index < -0.39 is 79.5 Å². The number of guanidine groups is 1. The maximum atomic E-state index is 15.5. The summed E-state index contributed by atoms with van der Waals surface area (Å²) in [6.07, 6.45) is -2.01. The third-order valence-corrected chi connectivity index (χ3v) is 10.3. The van der Waals surface area contributed by atoms with Gasteiger partial charge in [0.2, 0.25) is 5.96 Å². The molecular weight excluding hydrogens is 848 g/mol. The zero-order chi connectivity index (χ0) is 44.6. The van der Waals surface area contributed by atoms with Crippen LogP contribution in [-0.4, -0.2) is 84.0 Å². The Labute approximate surface area is 355 Å². The second-order valence-electron chi connectivity index (χ2n) is 15.8. The lowest BCUT2D eigenvalue weighted by molar-refractivity contribution is -0.135. The number of nitrogens with zero attached hydrogens (tertiary/aromatic N) is 8. The molecule has 0 spiro atoms. The van der Waals surface area contributed by atoms with E-state index in [1.165, 1.54) is 24.4 Å². The first-order valence-electron chi connectivity index (χ1n) is 19.0. The highest BCUT2D eigenvalue weighted by Crippen LogP contribution is 2.43. The van der Waals surface area contributed by atoms with Crippen molar-refractivity contribution >= 4 is 35.7 Å². The van der Waals surface area contributed by atoms with Gasteiger partial charge in [-0.2, -0.15) is 19.0 Å². The Bertz CT molecular complexity index is 2470. The number of aromatic nitrogens is 5. The summed E-state index contributed by atoms with van der Waals surface area (Å²) < 4.78 is 94.8. The summed E-state index contributed by atoms with van der Waals surface area (Å²) in [5.74, 6) is -5.00. The minimum atomic E-state index is -3.13. The number of hydrogen-bond acceptors (Lipinski definition) is 8. The first kappa shape index (κ1) is 43.6. The first-order valence-corrected chi connectivity index (χ1v) is 19.3. The normalized spacial score (nSPS) is 18.6. The van der Waals surface area contributed by atoms with Gasteiger partial charge in [-0.1, -0.05) is 93.0 Å². The molecule has 2 fully saturated rings. The van der Waals surface area contributed by atoms with E-state index in [1.807, 2.05) is 20.8 Å². The van der Waals surface area contributed by atoms with Crippen molar-refractivity contribution < 1.29 is 50.2 Å². The summed E-state index contributed by atoms with van der Waals surface area (Å²) in [6, 6.07) is 17.7. The van der Waals surface area contributed by atoms with Crippen LogP contribution >= 0.6 is 11.6 Å². The van der Waals surface area contributed by atoms with Crippen LogP contribution in [0.4, 0.5) is 35.9 Å². The number of hydrogen-bond donors (Lipinski definition) is 1. The number of nitrogens with one attached hydrogen (secondary N) is 1. The van der Waals surface area contributed by atoms with Crippen LogP contribution in [0.1, 0.15) is 68.7 Å². The Morgan fingerprint density at radius 2 is 1.66 bits per heavy atom. The van der Waals surface area contributed by atoms with Crippen LogP contribution in [0.5, 0.6) is 0 Å². The van der Waals surface area contributed by atoms with Crippen LogP contribution in [-0.2, 0) is 26.4 Å². The lowest BCUT2D eigenvalue weighted by Gasteiger charge is -2.38. The Morgan fingerprint density at radius 1 is 0.952 bits per heavy atom. The number of carbonyl (C=O) groups is 3. The largest absolute Gasteiger partial charge is 0.447 e. The van der Waals surface area contributed by atoms with E-state index >= 15 is 4.79 Å². The van der Waals surface area contributed by atoms with E-state index in [0.29, 0.717) is 26.9 Å². The number of amides is 3. The smallest absolute Gasteiger partial charge is 0.437 e. The van der Waals surface area contributed by atoms with Gasteiger partial charge in [0.25, 0.3) is 18.3 Å². The highest BCUT2D eigenvalue weighted by atomic mass is 35.5. The number of aliphatic imine (C=N–C) groups is 1. The molecule has 326 valence electrons. The van der Waals surface area contributed by atoms with E-state index in [2.05, 4.69) is 25.5 Å². The van der Waals surface area contributed by atoms with Gasteiger partial charge in [0.15, 0.2) is 5.82 Å². The molecule has 5 aromatic rings. The molecule has 62 heavy (non-hydrogen) atoms. The predicted octanol–water partition coefficient (Wildman–Crippen LogP) is 8.70. The van der Waals surface area contributed by atoms with Crippen LogP contribution in [0.3, 0.4) is 0 Å². The number of likely N-dealkylation sites (tertiary alicyclic amines) is 1. The van der Waals surface area contributed by atoms with E-state index in [-0.39, 0.29) is 35.3 Å². The summed E-state index contributed by atoms with van der Waals surface area (Å²) in [7, 11) is 0. The lowest BCUT2D eigenvalue weighted by Crippen LogP contribution is -2.58. The maximum absolute atomic E-state index is 15.5. The Morgan fingerprint density at radius 3 is 2.29 bits per heavy atom. The van der Waals surface area contributed by atoms with Gasteiger partial charge >= 0.3 is 18.7 Å². The van der Waals surface area contributed by atoms with E-state index in [0.717, 1.165) is 27.0 Å². The van der Waals surface area contributed by atoms with Gasteiger partial charge in [0, 0.05) is 11.8 Å². The molecule has 21 heteroatoms. The molecule has 0 saturated carbocycles. The molecule has 2 aliphatic heterocycles. The topological polar surface area (TPSA) is 149 Å². The standard InChI is InChI=1S/C41H38ClF6N9O5/c1-39(2,3)20-41(28-12-9-25(10-13-28)27-16-50-55(17-27)35(45)46)34(58)56(36(53-41)52-37(59)61-18-24-7-5-4-6-8-24)31(19-62-38(60)54-21-40(47,48)22-54)26-11-14-29(42)30(15-26)57-33(32(43)44)49-23-51-57/h4-17,23,31-32,35H,18-22H2,1-3H3,(H,52,53,59).